The van der Waals surface area contributed by atoms with Gasteiger partial charge < -0.3 is 16.5 Å². The second-order valence-corrected chi connectivity index (χ2v) is 5.82. The molecule has 3 rings (SSSR count). The molecule has 4 N–H and O–H groups in total. The van der Waals surface area contributed by atoms with Crippen LogP contribution in [0.2, 0.25) is 0 Å². The Balaban J connectivity index is 2.29. The molecular weight excluding hydrogens is 288 g/mol. The van der Waals surface area contributed by atoms with Gasteiger partial charge in [-0.25, -0.2) is 9.97 Å². The van der Waals surface area contributed by atoms with Crippen LogP contribution in [0, 0.1) is 11.3 Å². The van der Waals surface area contributed by atoms with Crippen LogP contribution in [0.1, 0.15) is 19.5 Å². The number of nitrogens with one attached hydrogen (secondary N) is 2. The van der Waals surface area contributed by atoms with Crippen molar-refractivity contribution < 1.29 is 0 Å². The van der Waals surface area contributed by atoms with E-state index in [0.29, 0.717) is 11.6 Å². The van der Waals surface area contributed by atoms with Gasteiger partial charge in [0, 0.05) is 12.8 Å². The molecule has 0 amide bonds. The molecule has 0 fully saturated rings. The third-order valence-electron chi connectivity index (χ3n) is 3.56. The molecule has 0 spiro atoms. The van der Waals surface area contributed by atoms with E-state index in [0.717, 1.165) is 34.7 Å². The topological polar surface area (TPSA) is 92.1 Å². The van der Waals surface area contributed by atoms with E-state index in [1.807, 2.05) is 28.7 Å². The van der Waals surface area contributed by atoms with Gasteiger partial charge in [0.25, 0.3) is 0 Å². The summed E-state index contributed by atoms with van der Waals surface area (Å²) in [5.74, 6) is 1.24. The molecule has 0 bridgehead atoms. The van der Waals surface area contributed by atoms with Crippen LogP contribution in [0.15, 0.2) is 36.5 Å². The number of allylic oxidation sites excluding steroid dienone is 1. The third-order valence-corrected chi connectivity index (χ3v) is 3.56. The van der Waals surface area contributed by atoms with Gasteiger partial charge in [-0.1, -0.05) is 26.0 Å². The van der Waals surface area contributed by atoms with Crippen molar-refractivity contribution in [3.63, 3.8) is 0 Å². The SMILES string of the molecule is CC(C)CNc1nc2ccccc2n2c(C(N)=CC=N)cnc12. The van der Waals surface area contributed by atoms with Crippen LogP contribution >= 0.6 is 0 Å². The Morgan fingerprint density at radius 2 is 2.17 bits per heavy atom. The number of hydrogen-bond acceptors (Lipinski definition) is 5. The minimum Gasteiger partial charge on any atom is -0.397 e. The molecule has 118 valence electrons. The maximum absolute atomic E-state index is 7.23. The first-order chi connectivity index (χ1) is 11.1. The number of fused-ring (bicyclic) bond motifs is 3. The van der Waals surface area contributed by atoms with Crippen molar-refractivity contribution in [2.75, 3.05) is 11.9 Å². The summed E-state index contributed by atoms with van der Waals surface area (Å²) < 4.78 is 1.99. The zero-order valence-corrected chi connectivity index (χ0v) is 13.2. The lowest BCUT2D eigenvalue weighted by molar-refractivity contribution is 0.687. The predicted molar refractivity (Wildman–Crippen MR) is 94.8 cm³/mol. The van der Waals surface area contributed by atoms with Crippen molar-refractivity contribution in [2.24, 2.45) is 11.7 Å². The zero-order chi connectivity index (χ0) is 16.4. The van der Waals surface area contributed by atoms with Gasteiger partial charge >= 0.3 is 0 Å². The minimum absolute atomic E-state index is 0.499. The molecule has 0 aliphatic carbocycles. The molecule has 0 saturated carbocycles. The number of anilines is 1. The number of hydrogen-bond donors (Lipinski definition) is 3. The van der Waals surface area contributed by atoms with Crippen molar-refractivity contribution in [3.05, 3.63) is 42.2 Å². The molecular formula is C17H20N6. The summed E-state index contributed by atoms with van der Waals surface area (Å²) in [6.07, 6.45) is 4.45. The van der Waals surface area contributed by atoms with Gasteiger partial charge in [0.2, 0.25) is 0 Å². The molecule has 6 heteroatoms. The molecule has 0 saturated heterocycles. The molecule has 6 nitrogen and oxygen atoms in total. The summed E-state index contributed by atoms with van der Waals surface area (Å²) >= 11 is 0. The molecule has 0 unspecified atom stereocenters. The van der Waals surface area contributed by atoms with E-state index in [4.69, 9.17) is 16.1 Å². The lowest BCUT2D eigenvalue weighted by atomic mass is 10.2. The molecule has 3 aromatic rings. The van der Waals surface area contributed by atoms with Crippen LogP contribution in [-0.4, -0.2) is 27.1 Å². The van der Waals surface area contributed by atoms with Crippen molar-refractivity contribution in [1.29, 1.82) is 5.41 Å². The first-order valence-corrected chi connectivity index (χ1v) is 7.58. The number of rotatable bonds is 5. The van der Waals surface area contributed by atoms with Gasteiger partial charge in [0.05, 0.1) is 28.6 Å². The molecule has 23 heavy (non-hydrogen) atoms. The highest BCUT2D eigenvalue weighted by Crippen LogP contribution is 2.24. The monoisotopic (exact) mass is 308 g/mol. The van der Waals surface area contributed by atoms with Crippen molar-refractivity contribution in [1.82, 2.24) is 14.4 Å². The van der Waals surface area contributed by atoms with Gasteiger partial charge in [0.15, 0.2) is 11.5 Å². The fraction of sp³-hybridized carbons (Fsp3) is 0.235. The average Bonchev–Trinajstić information content (AvgIpc) is 2.98. The quantitative estimate of drug-likeness (QED) is 0.632. The lowest BCUT2D eigenvalue weighted by Gasteiger charge is -2.12. The fourth-order valence-electron chi connectivity index (χ4n) is 2.48. The van der Waals surface area contributed by atoms with Crippen molar-refractivity contribution in [3.8, 4) is 0 Å². The molecule has 0 aliphatic heterocycles. The summed E-state index contributed by atoms with van der Waals surface area (Å²) in [5, 5.41) is 10.6. The zero-order valence-electron chi connectivity index (χ0n) is 13.2. The molecule has 2 heterocycles. The maximum atomic E-state index is 7.23. The summed E-state index contributed by atoms with van der Waals surface area (Å²) in [6, 6.07) is 7.88. The van der Waals surface area contributed by atoms with E-state index in [-0.39, 0.29) is 0 Å². The number of aromatic nitrogens is 3. The van der Waals surface area contributed by atoms with E-state index in [1.54, 1.807) is 12.3 Å². The largest absolute Gasteiger partial charge is 0.397 e. The van der Waals surface area contributed by atoms with Gasteiger partial charge in [-0.15, -0.1) is 0 Å². The molecule has 0 radical (unpaired) electrons. The van der Waals surface area contributed by atoms with Crippen LogP contribution in [0.5, 0.6) is 0 Å². The van der Waals surface area contributed by atoms with E-state index < -0.39 is 0 Å². The number of nitrogens with zero attached hydrogens (tertiary/aromatic N) is 3. The van der Waals surface area contributed by atoms with E-state index in [9.17, 15) is 0 Å². The minimum atomic E-state index is 0.499. The summed E-state index contributed by atoms with van der Waals surface area (Å²) in [4.78, 5) is 9.19. The molecule has 0 aliphatic rings. The Labute approximate surface area is 134 Å². The standard InChI is InChI=1S/C17H20N6/c1-11(2)9-20-16-17-21-10-15(12(19)7-8-18)23(17)14-6-4-3-5-13(14)22-16/h3-8,10-11,18H,9,19H2,1-2H3,(H,20,22). The Bertz CT molecular complexity index is 891. The highest BCUT2D eigenvalue weighted by Gasteiger charge is 2.14. The van der Waals surface area contributed by atoms with Crippen molar-refractivity contribution >= 4 is 34.4 Å². The Morgan fingerprint density at radius 3 is 2.91 bits per heavy atom. The van der Waals surface area contributed by atoms with Crippen LogP contribution < -0.4 is 11.1 Å². The molecule has 1 aromatic carbocycles. The second-order valence-electron chi connectivity index (χ2n) is 5.82. The Kier molecular flexibility index (Phi) is 3.97. The van der Waals surface area contributed by atoms with Crippen LogP contribution in [-0.2, 0) is 0 Å². The van der Waals surface area contributed by atoms with Gasteiger partial charge in [-0.05, 0) is 24.1 Å². The summed E-state index contributed by atoms with van der Waals surface area (Å²) in [7, 11) is 0. The lowest BCUT2D eigenvalue weighted by Crippen LogP contribution is -2.11. The highest BCUT2D eigenvalue weighted by atomic mass is 15.1. The Hall–Kier alpha value is -2.89. The average molecular weight is 308 g/mol. The van der Waals surface area contributed by atoms with Crippen LogP contribution in [0.4, 0.5) is 5.82 Å². The van der Waals surface area contributed by atoms with Gasteiger partial charge in [-0.3, -0.25) is 4.40 Å². The molecule has 0 atom stereocenters. The highest BCUT2D eigenvalue weighted by molar-refractivity contribution is 5.87. The molecule has 2 aromatic heterocycles. The predicted octanol–water partition coefficient (Wildman–Crippen LogP) is 2.90. The summed E-state index contributed by atoms with van der Waals surface area (Å²) in [5.41, 5.74) is 9.89. The number of para-hydroxylation sites is 2. The summed E-state index contributed by atoms with van der Waals surface area (Å²) in [6.45, 7) is 5.11. The number of benzene rings is 1. The van der Waals surface area contributed by atoms with Gasteiger partial charge in [0.1, 0.15) is 0 Å². The normalized spacial score (nSPS) is 12.2. The van der Waals surface area contributed by atoms with E-state index in [2.05, 4.69) is 24.1 Å². The van der Waals surface area contributed by atoms with Crippen LogP contribution in [0.25, 0.3) is 22.4 Å². The van der Waals surface area contributed by atoms with Crippen molar-refractivity contribution in [2.45, 2.75) is 13.8 Å². The maximum Gasteiger partial charge on any atom is 0.181 e. The fourth-order valence-corrected chi connectivity index (χ4v) is 2.48. The number of nitrogens with two attached hydrogens (primary N) is 1. The second kappa shape index (κ2) is 6.08. The third kappa shape index (κ3) is 2.75. The first-order valence-electron chi connectivity index (χ1n) is 7.58. The van der Waals surface area contributed by atoms with Gasteiger partial charge in [-0.2, -0.15) is 0 Å². The first kappa shape index (κ1) is 15.0. The van der Waals surface area contributed by atoms with Crippen LogP contribution in [0.3, 0.4) is 0 Å². The smallest absolute Gasteiger partial charge is 0.181 e. The Morgan fingerprint density at radius 1 is 1.39 bits per heavy atom. The van der Waals surface area contributed by atoms with E-state index in [1.165, 1.54) is 6.21 Å². The van der Waals surface area contributed by atoms with E-state index >= 15 is 0 Å². The number of imidazole rings is 1.